The molecule has 0 aliphatic carbocycles. The molecule has 0 rings (SSSR count). The molecular weight excluding hydrogens is 130 g/mol. The molecule has 0 N–H and O–H groups in total. The van der Waals surface area contributed by atoms with Gasteiger partial charge in [-0.05, 0) is 10.4 Å². The maximum atomic E-state index is 8.09. The van der Waals surface area contributed by atoms with Crippen LogP contribution in [0.15, 0.2) is 4.78 Å². The van der Waals surface area contributed by atoms with E-state index in [0.717, 1.165) is 18.5 Å². The van der Waals surface area contributed by atoms with Gasteiger partial charge in [0.25, 0.3) is 0 Å². The molecule has 0 heterocycles. The van der Waals surface area contributed by atoms with E-state index in [1.54, 1.807) is 0 Å². The van der Waals surface area contributed by atoms with Gasteiger partial charge in [-0.1, -0.05) is 32.4 Å². The summed E-state index contributed by atoms with van der Waals surface area (Å²) in [6.07, 6.45) is 1.16. The second-order valence-electron chi connectivity index (χ2n) is 2.06. The van der Waals surface area contributed by atoms with Crippen molar-refractivity contribution in [3.05, 3.63) is 10.4 Å². The Hall–Kier alpha value is -0.473. The molecule has 3 nitrogen and oxygen atoms in total. The SMILES string of the molecule is CCC[SiH](CC)N=[N+]=[N-]. The van der Waals surface area contributed by atoms with Crippen molar-refractivity contribution in [2.45, 2.75) is 32.4 Å². The molecule has 0 saturated carbocycles. The Morgan fingerprint density at radius 3 is 2.56 bits per heavy atom. The molecule has 0 fully saturated rings. The largest absolute Gasteiger partial charge is 0.139 e. The van der Waals surface area contributed by atoms with E-state index in [-0.39, 0.29) is 0 Å². The van der Waals surface area contributed by atoms with Gasteiger partial charge in [-0.2, -0.15) is 0 Å². The Morgan fingerprint density at radius 1 is 1.56 bits per heavy atom. The number of hydrogen-bond acceptors (Lipinski definition) is 1. The molecular formula is C5H13N3Si. The van der Waals surface area contributed by atoms with Crippen LogP contribution in [0.4, 0.5) is 0 Å². The molecule has 0 aromatic rings. The average molecular weight is 143 g/mol. The highest BCUT2D eigenvalue weighted by atomic mass is 28.3. The quantitative estimate of drug-likeness (QED) is 0.251. The maximum absolute atomic E-state index is 8.09. The first-order valence-electron chi connectivity index (χ1n) is 3.39. The Labute approximate surface area is 57.4 Å². The fourth-order valence-electron chi connectivity index (χ4n) is 0.750. The van der Waals surface area contributed by atoms with Crippen molar-refractivity contribution >= 4 is 8.96 Å². The van der Waals surface area contributed by atoms with Crippen LogP contribution < -0.4 is 0 Å². The summed E-state index contributed by atoms with van der Waals surface area (Å²) in [4.78, 5) is 2.81. The van der Waals surface area contributed by atoms with E-state index >= 15 is 0 Å². The van der Waals surface area contributed by atoms with E-state index in [1.165, 1.54) is 0 Å². The molecule has 9 heavy (non-hydrogen) atoms. The molecule has 0 amide bonds. The number of azide groups is 1. The minimum Gasteiger partial charge on any atom is -0.128 e. The monoisotopic (exact) mass is 143 g/mol. The predicted octanol–water partition coefficient (Wildman–Crippen LogP) is 2.45. The summed E-state index contributed by atoms with van der Waals surface area (Å²) in [6.45, 7) is 4.23. The second-order valence-corrected chi connectivity index (χ2v) is 4.99. The van der Waals surface area contributed by atoms with Crippen LogP contribution in [0.2, 0.25) is 12.1 Å². The van der Waals surface area contributed by atoms with Crippen LogP contribution >= 0.6 is 0 Å². The van der Waals surface area contributed by atoms with Crippen LogP contribution in [-0.2, 0) is 0 Å². The van der Waals surface area contributed by atoms with Crippen LogP contribution in [0.3, 0.4) is 0 Å². The van der Waals surface area contributed by atoms with Crippen molar-refractivity contribution in [3.8, 4) is 0 Å². The average Bonchev–Trinajstić information content (AvgIpc) is 1.88. The highest BCUT2D eigenvalue weighted by Crippen LogP contribution is 2.02. The molecule has 4 heteroatoms. The Kier molecular flexibility index (Phi) is 5.36. The summed E-state index contributed by atoms with van der Waals surface area (Å²) in [5, 5.41) is 0. The van der Waals surface area contributed by atoms with Gasteiger partial charge in [0.15, 0.2) is 0 Å². The van der Waals surface area contributed by atoms with Crippen LogP contribution in [0.25, 0.3) is 10.4 Å². The topological polar surface area (TPSA) is 48.8 Å². The van der Waals surface area contributed by atoms with E-state index < -0.39 is 8.96 Å². The summed E-state index contributed by atoms with van der Waals surface area (Å²) < 4.78 is 3.75. The van der Waals surface area contributed by atoms with Crippen molar-refractivity contribution in [2.24, 2.45) is 4.78 Å². The smallest absolute Gasteiger partial charge is 0.128 e. The molecule has 0 bridgehead atoms. The lowest BCUT2D eigenvalue weighted by Crippen LogP contribution is -2.04. The molecule has 1 atom stereocenters. The standard InChI is InChI=1S/C5H13N3Si/c1-3-5-9(4-2)8-7-6/h9H,3-5H2,1-2H3. The highest BCUT2D eigenvalue weighted by molar-refractivity contribution is 6.56. The predicted molar refractivity (Wildman–Crippen MR) is 41.9 cm³/mol. The zero-order valence-corrected chi connectivity index (χ0v) is 7.20. The van der Waals surface area contributed by atoms with E-state index in [1.807, 2.05) is 0 Å². The van der Waals surface area contributed by atoms with Gasteiger partial charge in [0.2, 0.25) is 0 Å². The summed E-state index contributed by atoms with van der Waals surface area (Å²) in [5.41, 5.74) is 8.09. The third-order valence-corrected chi connectivity index (χ3v) is 3.92. The zero-order valence-electron chi connectivity index (χ0n) is 6.04. The van der Waals surface area contributed by atoms with Crippen molar-refractivity contribution in [1.82, 2.24) is 0 Å². The van der Waals surface area contributed by atoms with Gasteiger partial charge in [-0.25, -0.2) is 0 Å². The Balaban J connectivity index is 3.53. The third-order valence-electron chi connectivity index (χ3n) is 1.31. The van der Waals surface area contributed by atoms with Crippen LogP contribution in [0.5, 0.6) is 0 Å². The van der Waals surface area contributed by atoms with Gasteiger partial charge in [0.1, 0.15) is 8.96 Å². The van der Waals surface area contributed by atoms with Crippen LogP contribution in [0, 0.1) is 0 Å². The first-order valence-corrected chi connectivity index (χ1v) is 5.54. The minimum atomic E-state index is -1.00. The molecule has 1 unspecified atom stereocenters. The molecule has 0 saturated heterocycles. The normalized spacial score (nSPS) is 12.2. The molecule has 0 aliphatic heterocycles. The summed E-state index contributed by atoms with van der Waals surface area (Å²) in [6, 6.07) is 2.25. The number of nitrogens with zero attached hydrogens (tertiary/aromatic N) is 3. The minimum absolute atomic E-state index is 1.00. The first-order chi connectivity index (χ1) is 4.35. The van der Waals surface area contributed by atoms with Crippen molar-refractivity contribution < 1.29 is 0 Å². The summed E-state index contributed by atoms with van der Waals surface area (Å²) >= 11 is 0. The lowest BCUT2D eigenvalue weighted by molar-refractivity contribution is 1.04. The number of rotatable bonds is 4. The molecule has 0 aromatic heterocycles. The maximum Gasteiger partial charge on any atom is 0.139 e. The Morgan fingerprint density at radius 2 is 2.22 bits per heavy atom. The first kappa shape index (κ1) is 8.53. The van der Waals surface area contributed by atoms with Gasteiger partial charge in [-0.3, -0.25) is 0 Å². The molecule has 0 aliphatic rings. The molecule has 0 spiro atoms. The second kappa shape index (κ2) is 5.66. The summed E-state index contributed by atoms with van der Waals surface area (Å²) in [7, 11) is -1.00. The van der Waals surface area contributed by atoms with Crippen LogP contribution in [0.1, 0.15) is 20.3 Å². The molecule has 0 radical (unpaired) electrons. The molecule has 52 valence electrons. The fourth-order valence-corrected chi connectivity index (χ4v) is 2.25. The van der Waals surface area contributed by atoms with Gasteiger partial charge < -0.3 is 0 Å². The summed E-state index contributed by atoms with van der Waals surface area (Å²) in [5.74, 6) is 0. The molecule has 0 aromatic carbocycles. The lowest BCUT2D eigenvalue weighted by Gasteiger charge is -2.00. The Bertz CT molecular complexity index is 109. The van der Waals surface area contributed by atoms with E-state index in [9.17, 15) is 0 Å². The van der Waals surface area contributed by atoms with Crippen molar-refractivity contribution in [1.29, 1.82) is 0 Å². The van der Waals surface area contributed by atoms with Crippen molar-refractivity contribution in [2.75, 3.05) is 0 Å². The van der Waals surface area contributed by atoms with Crippen LogP contribution in [-0.4, -0.2) is 8.96 Å². The van der Waals surface area contributed by atoms with E-state index in [2.05, 4.69) is 23.5 Å². The zero-order chi connectivity index (χ0) is 7.11. The van der Waals surface area contributed by atoms with E-state index in [4.69, 9.17) is 5.53 Å². The van der Waals surface area contributed by atoms with E-state index in [0.29, 0.717) is 0 Å². The van der Waals surface area contributed by atoms with Crippen molar-refractivity contribution in [3.63, 3.8) is 0 Å². The highest BCUT2D eigenvalue weighted by Gasteiger charge is 2.01. The number of hydrogen-bond donors (Lipinski definition) is 0. The third kappa shape index (κ3) is 4.06. The van der Waals surface area contributed by atoms with Gasteiger partial charge in [-0.15, -0.1) is 4.78 Å². The van der Waals surface area contributed by atoms with Gasteiger partial charge in [0.05, 0.1) is 0 Å². The van der Waals surface area contributed by atoms with Gasteiger partial charge >= 0.3 is 0 Å². The lowest BCUT2D eigenvalue weighted by atomic mass is 10.6. The van der Waals surface area contributed by atoms with Gasteiger partial charge in [0, 0.05) is 0 Å². The fraction of sp³-hybridized carbons (Fsp3) is 1.00.